The molecule has 1 aromatic heterocycles. The van der Waals surface area contributed by atoms with Gasteiger partial charge in [0.15, 0.2) is 0 Å². The summed E-state index contributed by atoms with van der Waals surface area (Å²) in [5, 5.41) is 0.759. The van der Waals surface area contributed by atoms with Crippen LogP contribution in [0.3, 0.4) is 0 Å². The van der Waals surface area contributed by atoms with E-state index in [9.17, 15) is 9.59 Å². The smallest absolute Gasteiger partial charge is 0.351 e. The number of rotatable bonds is 4. The van der Waals surface area contributed by atoms with Crippen molar-refractivity contribution < 1.29 is 13.9 Å². The zero-order chi connectivity index (χ0) is 23.1. The van der Waals surface area contributed by atoms with E-state index in [1.807, 2.05) is 33.8 Å². The van der Waals surface area contributed by atoms with Crippen molar-refractivity contribution in [2.75, 3.05) is 18.1 Å². The van der Waals surface area contributed by atoms with Gasteiger partial charge >= 0.3 is 11.6 Å². The molecular weight excluding hydrogens is 378 g/mol. The van der Waals surface area contributed by atoms with E-state index >= 15 is 0 Å². The first-order valence-electron chi connectivity index (χ1n) is 11.3. The summed E-state index contributed by atoms with van der Waals surface area (Å²) in [6.07, 6.45) is 2.09. The molecule has 0 bridgehead atoms. The third-order valence-electron chi connectivity index (χ3n) is 5.18. The fraction of sp³-hybridized carbons (Fsp3) is 0.600. The molecule has 1 aromatic carbocycles. The molecule has 0 N–H and O–H groups in total. The molecule has 0 radical (unpaired) electrons. The second-order valence-corrected chi connectivity index (χ2v) is 7.69. The topological polar surface area (TPSA) is 59.8 Å². The Morgan fingerprint density at radius 1 is 1.17 bits per heavy atom. The molecule has 1 atom stereocenters. The summed E-state index contributed by atoms with van der Waals surface area (Å²) in [7, 11) is 0. The van der Waals surface area contributed by atoms with Crippen LogP contribution >= 0.6 is 0 Å². The number of anilines is 1. The number of esters is 1. The molecule has 0 saturated carbocycles. The lowest BCUT2D eigenvalue weighted by Crippen LogP contribution is -2.48. The molecule has 0 saturated heterocycles. The minimum Gasteiger partial charge on any atom is -0.462 e. The van der Waals surface area contributed by atoms with Gasteiger partial charge < -0.3 is 14.1 Å². The molecule has 0 spiro atoms. The molecule has 0 aliphatic carbocycles. The molecule has 2 heterocycles. The van der Waals surface area contributed by atoms with Gasteiger partial charge in [0.05, 0.1) is 6.61 Å². The molecule has 5 nitrogen and oxygen atoms in total. The number of hydrogen-bond donors (Lipinski definition) is 0. The van der Waals surface area contributed by atoms with Crippen LogP contribution < -0.4 is 10.5 Å². The second-order valence-electron chi connectivity index (χ2n) is 7.69. The van der Waals surface area contributed by atoms with E-state index in [2.05, 4.69) is 38.7 Å². The van der Waals surface area contributed by atoms with E-state index in [0.717, 1.165) is 30.5 Å². The van der Waals surface area contributed by atoms with Crippen LogP contribution in [0.25, 0.3) is 11.0 Å². The van der Waals surface area contributed by atoms with Crippen molar-refractivity contribution >= 4 is 22.6 Å². The zero-order valence-corrected chi connectivity index (χ0v) is 20.2. The van der Waals surface area contributed by atoms with E-state index in [1.54, 1.807) is 13.0 Å². The van der Waals surface area contributed by atoms with Crippen LogP contribution in [0.15, 0.2) is 27.4 Å². The summed E-state index contributed by atoms with van der Waals surface area (Å²) in [5.74, 6) is -0.252. The Morgan fingerprint density at radius 2 is 1.80 bits per heavy atom. The minimum absolute atomic E-state index is 0.0429. The summed E-state index contributed by atoms with van der Waals surface area (Å²) in [6.45, 7) is 19.8. The highest BCUT2D eigenvalue weighted by Crippen LogP contribution is 2.44. The number of ether oxygens (including phenoxy) is 1. The van der Waals surface area contributed by atoms with Crippen molar-refractivity contribution in [2.45, 2.75) is 86.6 Å². The van der Waals surface area contributed by atoms with Crippen LogP contribution in [0, 0.1) is 0 Å². The van der Waals surface area contributed by atoms with Crippen molar-refractivity contribution in [3.63, 3.8) is 0 Å². The monoisotopic (exact) mass is 417 g/mol. The third kappa shape index (κ3) is 5.24. The Labute approximate surface area is 181 Å². The van der Waals surface area contributed by atoms with Crippen LogP contribution in [-0.2, 0) is 4.74 Å². The van der Waals surface area contributed by atoms with Gasteiger partial charge in [0.25, 0.3) is 0 Å². The normalized spacial score (nSPS) is 16.6. The maximum absolute atomic E-state index is 12.2. The van der Waals surface area contributed by atoms with E-state index in [0.29, 0.717) is 11.5 Å². The van der Waals surface area contributed by atoms with Crippen molar-refractivity contribution in [1.29, 1.82) is 0 Å². The van der Waals surface area contributed by atoms with Gasteiger partial charge in [-0.2, -0.15) is 0 Å². The highest BCUT2D eigenvalue weighted by Gasteiger charge is 2.36. The van der Waals surface area contributed by atoms with Crippen molar-refractivity contribution in [3.8, 4) is 0 Å². The van der Waals surface area contributed by atoms with Gasteiger partial charge in [-0.05, 0) is 57.2 Å². The number of hydrogen-bond acceptors (Lipinski definition) is 5. The SMILES string of the molecule is CC.CC.CCCN1c2cc3oc(=O)c(C(=O)OCC)cc3cc2C(C)CC1(C)C. The lowest BCUT2D eigenvalue weighted by atomic mass is 9.79. The molecule has 0 fully saturated rings. The van der Waals surface area contributed by atoms with Gasteiger partial charge in [-0.25, -0.2) is 9.59 Å². The number of nitrogens with zero attached hydrogens (tertiary/aromatic N) is 1. The van der Waals surface area contributed by atoms with Crippen LogP contribution in [0.2, 0.25) is 0 Å². The Hall–Kier alpha value is -2.30. The van der Waals surface area contributed by atoms with Crippen molar-refractivity contribution in [1.82, 2.24) is 0 Å². The summed E-state index contributed by atoms with van der Waals surface area (Å²) < 4.78 is 10.4. The molecule has 1 aliphatic rings. The highest BCUT2D eigenvalue weighted by atomic mass is 16.5. The van der Waals surface area contributed by atoms with Crippen LogP contribution in [0.5, 0.6) is 0 Å². The van der Waals surface area contributed by atoms with Gasteiger partial charge in [-0.1, -0.05) is 41.5 Å². The largest absolute Gasteiger partial charge is 0.462 e. The van der Waals surface area contributed by atoms with Crippen LogP contribution in [0.1, 0.15) is 97.0 Å². The Bertz CT molecular complexity index is 898. The predicted molar refractivity (Wildman–Crippen MR) is 126 cm³/mol. The first-order chi connectivity index (χ1) is 14.3. The van der Waals surface area contributed by atoms with Gasteiger partial charge in [0.1, 0.15) is 11.1 Å². The van der Waals surface area contributed by atoms with E-state index in [-0.39, 0.29) is 17.7 Å². The molecule has 2 aromatic rings. The average Bonchev–Trinajstić information content (AvgIpc) is 2.72. The lowest BCUT2D eigenvalue weighted by Gasteiger charge is -2.47. The summed E-state index contributed by atoms with van der Waals surface area (Å²) in [4.78, 5) is 26.6. The lowest BCUT2D eigenvalue weighted by molar-refractivity contribution is 0.0522. The molecule has 0 amide bonds. The highest BCUT2D eigenvalue weighted by molar-refractivity contribution is 5.94. The molecule has 3 rings (SSSR count). The predicted octanol–water partition coefficient (Wildman–Crippen LogP) is 6.52. The Kier molecular flexibility index (Phi) is 9.60. The first-order valence-corrected chi connectivity index (χ1v) is 11.3. The van der Waals surface area contributed by atoms with Gasteiger partial charge in [0, 0.05) is 29.2 Å². The van der Waals surface area contributed by atoms with Gasteiger partial charge in [-0.15, -0.1) is 0 Å². The van der Waals surface area contributed by atoms with Crippen molar-refractivity contribution in [3.05, 3.63) is 39.7 Å². The fourth-order valence-corrected chi connectivity index (χ4v) is 4.10. The maximum Gasteiger partial charge on any atom is 0.351 e. The summed E-state index contributed by atoms with van der Waals surface area (Å²) in [5.41, 5.74) is 2.20. The summed E-state index contributed by atoms with van der Waals surface area (Å²) in [6, 6.07) is 5.60. The number of fused-ring (bicyclic) bond motifs is 2. The Morgan fingerprint density at radius 3 is 2.37 bits per heavy atom. The molecule has 1 aliphatic heterocycles. The molecular formula is C25H39NO4. The molecule has 1 unspecified atom stereocenters. The van der Waals surface area contributed by atoms with E-state index in [4.69, 9.17) is 9.15 Å². The van der Waals surface area contributed by atoms with Crippen LogP contribution in [0.4, 0.5) is 5.69 Å². The number of carbonyl (C=O) groups is 1. The zero-order valence-electron chi connectivity index (χ0n) is 20.2. The summed E-state index contributed by atoms with van der Waals surface area (Å²) >= 11 is 0. The standard InChI is InChI=1S/C21H27NO4.2C2H6/c1-6-8-22-17-11-18-14(9-15(17)13(3)12-21(22,4)5)10-16(20(24)26-18)19(23)25-7-2;2*1-2/h9-11,13H,6-8,12H2,1-5H3;2*1-2H3. The fourth-order valence-electron chi connectivity index (χ4n) is 4.10. The number of benzene rings is 1. The number of carbonyl (C=O) groups excluding carboxylic acids is 1. The van der Waals surface area contributed by atoms with Crippen LogP contribution in [-0.4, -0.2) is 24.7 Å². The van der Waals surface area contributed by atoms with Gasteiger partial charge in [-0.3, -0.25) is 0 Å². The molecule has 30 heavy (non-hydrogen) atoms. The third-order valence-corrected chi connectivity index (χ3v) is 5.18. The van der Waals surface area contributed by atoms with Gasteiger partial charge in [0.2, 0.25) is 0 Å². The first kappa shape index (κ1) is 25.7. The van der Waals surface area contributed by atoms with E-state index < -0.39 is 11.6 Å². The van der Waals surface area contributed by atoms with Crippen molar-refractivity contribution in [2.24, 2.45) is 0 Å². The second kappa shape index (κ2) is 11.2. The molecule has 168 valence electrons. The Balaban J connectivity index is 0.00000106. The minimum atomic E-state index is -0.652. The maximum atomic E-state index is 12.2. The van der Waals surface area contributed by atoms with E-state index in [1.165, 1.54) is 5.56 Å². The quantitative estimate of drug-likeness (QED) is 0.418. The average molecular weight is 418 g/mol. The molecule has 5 heteroatoms.